The lowest BCUT2D eigenvalue weighted by Crippen LogP contribution is -2.33. The molecule has 1 unspecified atom stereocenters. The van der Waals surface area contributed by atoms with Gasteiger partial charge in [-0.1, -0.05) is 13.0 Å². The molecule has 2 N–H and O–H groups in total. The number of nitrogens with one attached hydrogen (secondary N) is 2. The Morgan fingerprint density at radius 2 is 2.17 bits per heavy atom. The zero-order valence-electron chi connectivity index (χ0n) is 12.8. The van der Waals surface area contributed by atoms with Gasteiger partial charge in [-0.25, -0.2) is 0 Å². The minimum Gasteiger partial charge on any atom is -0.491 e. The van der Waals surface area contributed by atoms with E-state index in [4.69, 9.17) is 21.4 Å². The van der Waals surface area contributed by atoms with E-state index in [0.29, 0.717) is 4.67 Å². The van der Waals surface area contributed by atoms with Gasteiger partial charge in [0.1, 0.15) is 5.75 Å². The zero-order valence-corrected chi connectivity index (χ0v) is 15.2. The number of amides is 1. The summed E-state index contributed by atoms with van der Waals surface area (Å²) in [5.41, 5.74) is 0.733. The average molecular weight is 397 g/mol. The third-order valence-electron chi connectivity index (χ3n) is 3.03. The molecule has 0 aliphatic rings. The van der Waals surface area contributed by atoms with Crippen LogP contribution < -0.4 is 15.4 Å². The number of hydrogen-bond donors (Lipinski definition) is 2. The van der Waals surface area contributed by atoms with Crippen LogP contribution in [0.25, 0.3) is 0 Å². The second-order valence-electron chi connectivity index (χ2n) is 4.88. The van der Waals surface area contributed by atoms with Crippen LogP contribution in [0.4, 0.5) is 5.69 Å². The Morgan fingerprint density at radius 3 is 2.83 bits per heavy atom. The third kappa shape index (κ3) is 5.37. The summed E-state index contributed by atoms with van der Waals surface area (Å²) >= 11 is 8.28. The minimum absolute atomic E-state index is 0.134. The number of furan rings is 1. The smallest absolute Gasteiger partial charge is 0.293 e. The number of halogens is 1. The van der Waals surface area contributed by atoms with Crippen molar-refractivity contribution in [2.75, 3.05) is 5.32 Å². The molecule has 1 heterocycles. The van der Waals surface area contributed by atoms with Crippen molar-refractivity contribution in [2.45, 2.75) is 26.4 Å². The van der Waals surface area contributed by atoms with Gasteiger partial charge in [-0.15, -0.1) is 0 Å². The fourth-order valence-electron chi connectivity index (χ4n) is 1.73. The molecule has 7 heteroatoms. The fourth-order valence-corrected chi connectivity index (χ4v) is 2.24. The molecule has 1 aromatic carbocycles. The summed E-state index contributed by atoms with van der Waals surface area (Å²) in [6, 6.07) is 10.6. The molecule has 0 saturated heterocycles. The van der Waals surface area contributed by atoms with Crippen molar-refractivity contribution in [3.8, 4) is 5.75 Å². The summed E-state index contributed by atoms with van der Waals surface area (Å²) in [5, 5.41) is 5.69. The van der Waals surface area contributed by atoms with E-state index in [0.717, 1.165) is 17.9 Å². The first-order valence-corrected chi connectivity index (χ1v) is 8.32. The summed E-state index contributed by atoms with van der Waals surface area (Å²) in [6.07, 6.45) is 1.06. The summed E-state index contributed by atoms with van der Waals surface area (Å²) < 4.78 is 11.4. The highest BCUT2D eigenvalue weighted by Crippen LogP contribution is 2.19. The second-order valence-corrected chi connectivity index (χ2v) is 6.07. The number of ether oxygens (including phenoxy) is 1. The number of thiocarbonyl (C=S) groups is 1. The monoisotopic (exact) mass is 396 g/mol. The lowest BCUT2D eigenvalue weighted by Gasteiger charge is -2.14. The first-order valence-electron chi connectivity index (χ1n) is 7.12. The normalized spacial score (nSPS) is 11.6. The van der Waals surface area contributed by atoms with Crippen LogP contribution in [-0.4, -0.2) is 17.1 Å². The highest BCUT2D eigenvalue weighted by molar-refractivity contribution is 9.10. The quantitative estimate of drug-likeness (QED) is 0.735. The van der Waals surface area contributed by atoms with Gasteiger partial charge in [0.15, 0.2) is 15.5 Å². The van der Waals surface area contributed by atoms with Gasteiger partial charge in [-0.05, 0) is 65.8 Å². The standard InChI is InChI=1S/C16H17BrN2O3S/c1-3-10(2)21-12-6-4-5-11(9-12)18-16(23)19-15(20)13-7-8-14(17)22-13/h4-10H,3H2,1-2H3,(H2,18,19,20,23). The second kappa shape index (κ2) is 8.12. The molecule has 1 atom stereocenters. The molecule has 0 saturated carbocycles. The van der Waals surface area contributed by atoms with E-state index in [2.05, 4.69) is 33.5 Å². The summed E-state index contributed by atoms with van der Waals surface area (Å²) in [4.78, 5) is 11.9. The van der Waals surface area contributed by atoms with Gasteiger partial charge in [0.2, 0.25) is 0 Å². The maximum Gasteiger partial charge on any atom is 0.293 e. The van der Waals surface area contributed by atoms with E-state index in [9.17, 15) is 4.79 Å². The largest absolute Gasteiger partial charge is 0.491 e. The summed E-state index contributed by atoms with van der Waals surface area (Å²) in [5.74, 6) is 0.503. The SMILES string of the molecule is CCC(C)Oc1cccc(NC(=S)NC(=O)c2ccc(Br)o2)c1. The molecule has 2 rings (SSSR count). The van der Waals surface area contributed by atoms with Crippen LogP contribution in [0.5, 0.6) is 5.75 Å². The van der Waals surface area contributed by atoms with Crippen LogP contribution in [0.2, 0.25) is 0 Å². The molecule has 0 fully saturated rings. The van der Waals surface area contributed by atoms with Crippen molar-refractivity contribution < 1.29 is 13.9 Å². The molecule has 122 valence electrons. The molecule has 1 amide bonds. The third-order valence-corrected chi connectivity index (χ3v) is 3.66. The van der Waals surface area contributed by atoms with Gasteiger partial charge in [0, 0.05) is 11.8 Å². The van der Waals surface area contributed by atoms with Gasteiger partial charge >= 0.3 is 0 Å². The Hall–Kier alpha value is -1.86. The number of benzene rings is 1. The molecule has 23 heavy (non-hydrogen) atoms. The van der Waals surface area contributed by atoms with Crippen LogP contribution in [0.1, 0.15) is 30.8 Å². The molecule has 0 radical (unpaired) electrons. The first kappa shape index (κ1) is 17.5. The van der Waals surface area contributed by atoms with E-state index < -0.39 is 5.91 Å². The zero-order chi connectivity index (χ0) is 16.8. The first-order chi connectivity index (χ1) is 11.0. The van der Waals surface area contributed by atoms with Gasteiger partial charge in [-0.3, -0.25) is 10.1 Å². The number of carbonyl (C=O) groups excluding carboxylic acids is 1. The highest BCUT2D eigenvalue weighted by atomic mass is 79.9. The Balaban J connectivity index is 1.94. The highest BCUT2D eigenvalue weighted by Gasteiger charge is 2.12. The molecule has 0 bridgehead atoms. The Labute approximate surface area is 148 Å². The lowest BCUT2D eigenvalue weighted by atomic mass is 10.3. The van der Waals surface area contributed by atoms with Crippen LogP contribution in [0, 0.1) is 0 Å². The minimum atomic E-state index is -0.416. The number of anilines is 1. The van der Waals surface area contributed by atoms with Crippen molar-refractivity contribution in [2.24, 2.45) is 0 Å². The molecular formula is C16H17BrN2O3S. The molecule has 1 aromatic heterocycles. The number of rotatable bonds is 5. The lowest BCUT2D eigenvalue weighted by molar-refractivity contribution is 0.0949. The molecular weight excluding hydrogens is 380 g/mol. The van der Waals surface area contributed by atoms with Crippen molar-refractivity contribution in [1.29, 1.82) is 0 Å². The van der Waals surface area contributed by atoms with Gasteiger partial charge in [0.05, 0.1) is 6.10 Å². The number of hydrogen-bond acceptors (Lipinski definition) is 4. The van der Waals surface area contributed by atoms with Crippen molar-refractivity contribution in [1.82, 2.24) is 5.32 Å². The predicted molar refractivity (Wildman–Crippen MR) is 96.9 cm³/mol. The van der Waals surface area contributed by atoms with Crippen molar-refractivity contribution in [3.05, 3.63) is 46.8 Å². The van der Waals surface area contributed by atoms with Crippen LogP contribution in [0.3, 0.4) is 0 Å². The van der Waals surface area contributed by atoms with Crippen LogP contribution in [-0.2, 0) is 0 Å². The van der Waals surface area contributed by atoms with Crippen LogP contribution >= 0.6 is 28.1 Å². The maximum atomic E-state index is 11.9. The molecule has 0 aliphatic heterocycles. The van der Waals surface area contributed by atoms with Crippen molar-refractivity contribution in [3.63, 3.8) is 0 Å². The van der Waals surface area contributed by atoms with Crippen LogP contribution in [0.15, 0.2) is 45.5 Å². The Bertz CT molecular complexity index is 702. The molecule has 5 nitrogen and oxygen atoms in total. The fraction of sp³-hybridized carbons (Fsp3) is 0.250. The molecule has 2 aromatic rings. The van der Waals surface area contributed by atoms with Gasteiger partial charge < -0.3 is 14.5 Å². The van der Waals surface area contributed by atoms with Gasteiger partial charge in [0.25, 0.3) is 5.91 Å². The van der Waals surface area contributed by atoms with E-state index in [1.54, 1.807) is 12.1 Å². The Kier molecular flexibility index (Phi) is 6.18. The van der Waals surface area contributed by atoms with E-state index in [1.807, 2.05) is 31.2 Å². The van der Waals surface area contributed by atoms with E-state index >= 15 is 0 Å². The van der Waals surface area contributed by atoms with E-state index in [-0.39, 0.29) is 17.0 Å². The number of carbonyl (C=O) groups is 1. The topological polar surface area (TPSA) is 63.5 Å². The summed E-state index contributed by atoms with van der Waals surface area (Å²) in [6.45, 7) is 4.07. The molecule has 0 aliphatic carbocycles. The predicted octanol–water partition coefficient (Wildman–Crippen LogP) is 4.35. The summed E-state index contributed by atoms with van der Waals surface area (Å²) in [7, 11) is 0. The Morgan fingerprint density at radius 1 is 1.39 bits per heavy atom. The maximum absolute atomic E-state index is 11.9. The van der Waals surface area contributed by atoms with Gasteiger partial charge in [-0.2, -0.15) is 0 Å². The van der Waals surface area contributed by atoms with E-state index in [1.165, 1.54) is 0 Å². The average Bonchev–Trinajstić information content (AvgIpc) is 2.94. The van der Waals surface area contributed by atoms with Crippen molar-refractivity contribution >= 4 is 44.9 Å². The molecule has 0 spiro atoms.